The molecule has 2 nitrogen and oxygen atoms in total. The normalized spacial score (nSPS) is 14.8. The Morgan fingerprint density at radius 3 is 2.59 bits per heavy atom. The molecule has 0 amide bonds. The van der Waals surface area contributed by atoms with Crippen molar-refractivity contribution in [2.75, 3.05) is 0 Å². The molecule has 17 heavy (non-hydrogen) atoms. The second-order valence-electron chi connectivity index (χ2n) is 5.52. The van der Waals surface area contributed by atoms with Crippen molar-refractivity contribution in [2.45, 2.75) is 33.0 Å². The molecule has 0 fully saturated rings. The Kier molecular flexibility index (Phi) is 2.95. The number of rotatable bonds is 3. The van der Waals surface area contributed by atoms with E-state index in [1.54, 1.807) is 0 Å². The molecule has 1 aromatic carbocycles. The highest BCUT2D eigenvalue weighted by atomic mass is 28.4. The minimum Gasteiger partial charge on any atom is -0.544 e. The van der Waals surface area contributed by atoms with Gasteiger partial charge in [-0.3, -0.25) is 4.79 Å². The maximum atomic E-state index is 11.1. The van der Waals surface area contributed by atoms with Gasteiger partial charge in [-0.15, -0.1) is 0 Å². The van der Waals surface area contributed by atoms with Crippen LogP contribution in [0.5, 0.6) is 0 Å². The fourth-order valence-corrected chi connectivity index (χ4v) is 2.89. The van der Waals surface area contributed by atoms with Crippen LogP contribution in [0.1, 0.15) is 16.7 Å². The van der Waals surface area contributed by atoms with Crippen molar-refractivity contribution >= 4 is 20.4 Å². The molecular weight excluding hydrogens is 228 g/mol. The van der Waals surface area contributed by atoms with Crippen molar-refractivity contribution in [3.8, 4) is 0 Å². The summed E-state index contributed by atoms with van der Waals surface area (Å²) in [5, 5.41) is 0. The molecule has 0 atom stereocenters. The monoisotopic (exact) mass is 246 g/mol. The van der Waals surface area contributed by atoms with E-state index in [9.17, 15) is 4.79 Å². The molecule has 2 rings (SSSR count). The summed E-state index contributed by atoms with van der Waals surface area (Å²) in [7, 11) is -1.68. The Labute approximate surface area is 103 Å². The Bertz CT molecular complexity index is 495. The number of hydrogen-bond acceptors (Lipinski definition) is 2. The molecule has 1 aliphatic rings. The van der Waals surface area contributed by atoms with E-state index in [1.165, 1.54) is 11.1 Å². The summed E-state index contributed by atoms with van der Waals surface area (Å²) in [6.07, 6.45) is 1.64. The Morgan fingerprint density at radius 1 is 1.29 bits per heavy atom. The molecule has 0 aromatic heterocycles. The standard InChI is InChI=1S/C14H18O2Si/c1-10-5-6-11-8-12(9-15)14(13(11)7-10)16-17(2,3)4/h5-7,9H,8H2,1-4H3. The molecule has 0 aliphatic heterocycles. The minimum absolute atomic E-state index is 0.707. The highest BCUT2D eigenvalue weighted by Crippen LogP contribution is 2.35. The van der Waals surface area contributed by atoms with Crippen molar-refractivity contribution in [1.29, 1.82) is 0 Å². The van der Waals surface area contributed by atoms with E-state index < -0.39 is 8.32 Å². The van der Waals surface area contributed by atoms with E-state index in [4.69, 9.17) is 4.43 Å². The number of allylic oxidation sites excluding steroid dienone is 1. The summed E-state index contributed by atoms with van der Waals surface area (Å²) >= 11 is 0. The van der Waals surface area contributed by atoms with Gasteiger partial charge in [-0.05, 0) is 38.2 Å². The third kappa shape index (κ3) is 2.49. The summed E-state index contributed by atoms with van der Waals surface area (Å²) in [6.45, 7) is 8.47. The molecule has 1 aliphatic carbocycles. The maximum absolute atomic E-state index is 11.1. The lowest BCUT2D eigenvalue weighted by Gasteiger charge is -2.21. The second-order valence-corrected chi connectivity index (χ2v) is 9.95. The highest BCUT2D eigenvalue weighted by molar-refractivity contribution is 6.70. The molecule has 0 unspecified atom stereocenters. The summed E-state index contributed by atoms with van der Waals surface area (Å²) < 4.78 is 6.07. The van der Waals surface area contributed by atoms with Crippen molar-refractivity contribution in [3.63, 3.8) is 0 Å². The first-order valence-corrected chi connectivity index (χ1v) is 9.29. The van der Waals surface area contributed by atoms with Crippen LogP contribution >= 0.6 is 0 Å². The van der Waals surface area contributed by atoms with Gasteiger partial charge in [-0.25, -0.2) is 0 Å². The van der Waals surface area contributed by atoms with E-state index >= 15 is 0 Å². The number of carbonyl (C=O) groups excluding carboxylic acids is 1. The molecule has 0 saturated carbocycles. The number of aldehydes is 1. The predicted octanol–water partition coefficient (Wildman–Crippen LogP) is 3.31. The third-order valence-electron chi connectivity index (χ3n) is 2.73. The lowest BCUT2D eigenvalue weighted by atomic mass is 10.1. The number of carbonyl (C=O) groups is 1. The first-order valence-electron chi connectivity index (χ1n) is 5.88. The van der Waals surface area contributed by atoms with Crippen LogP contribution in [0.25, 0.3) is 5.76 Å². The van der Waals surface area contributed by atoms with Crippen molar-refractivity contribution in [3.05, 3.63) is 40.5 Å². The summed E-state index contributed by atoms with van der Waals surface area (Å²) in [5.74, 6) is 0.817. The fourth-order valence-electron chi connectivity index (χ4n) is 2.04. The van der Waals surface area contributed by atoms with Gasteiger partial charge >= 0.3 is 0 Å². The van der Waals surface area contributed by atoms with Gasteiger partial charge in [0.05, 0.1) is 0 Å². The van der Waals surface area contributed by atoms with Gasteiger partial charge in [0.2, 0.25) is 8.32 Å². The highest BCUT2D eigenvalue weighted by Gasteiger charge is 2.27. The van der Waals surface area contributed by atoms with E-state index in [1.807, 2.05) is 0 Å². The zero-order chi connectivity index (χ0) is 12.6. The van der Waals surface area contributed by atoms with Crippen LogP contribution in [0.15, 0.2) is 23.8 Å². The lowest BCUT2D eigenvalue weighted by Crippen LogP contribution is -2.24. The molecule has 0 saturated heterocycles. The van der Waals surface area contributed by atoms with E-state index in [2.05, 4.69) is 44.8 Å². The number of fused-ring (bicyclic) bond motifs is 1. The average Bonchev–Trinajstić information content (AvgIpc) is 2.54. The number of aryl methyl sites for hydroxylation is 1. The maximum Gasteiger partial charge on any atom is 0.242 e. The molecule has 0 spiro atoms. The van der Waals surface area contributed by atoms with Gasteiger partial charge in [0, 0.05) is 17.6 Å². The van der Waals surface area contributed by atoms with Crippen LogP contribution in [0.4, 0.5) is 0 Å². The van der Waals surface area contributed by atoms with Crippen LogP contribution in [0.3, 0.4) is 0 Å². The molecule has 0 bridgehead atoms. The molecular formula is C14H18O2Si. The van der Waals surface area contributed by atoms with E-state index in [0.29, 0.717) is 6.42 Å². The van der Waals surface area contributed by atoms with Gasteiger partial charge in [-0.2, -0.15) is 0 Å². The molecule has 0 radical (unpaired) electrons. The molecule has 90 valence electrons. The Morgan fingerprint density at radius 2 is 2.00 bits per heavy atom. The second kappa shape index (κ2) is 4.15. The lowest BCUT2D eigenvalue weighted by molar-refractivity contribution is -0.104. The number of benzene rings is 1. The van der Waals surface area contributed by atoms with Crippen LogP contribution < -0.4 is 0 Å². The van der Waals surface area contributed by atoms with Gasteiger partial charge in [0.25, 0.3) is 0 Å². The smallest absolute Gasteiger partial charge is 0.242 e. The van der Waals surface area contributed by atoms with Crippen LogP contribution in [0.2, 0.25) is 19.6 Å². The van der Waals surface area contributed by atoms with Crippen LogP contribution in [0, 0.1) is 6.92 Å². The van der Waals surface area contributed by atoms with Crippen LogP contribution in [-0.2, 0) is 15.6 Å². The van der Waals surface area contributed by atoms with Gasteiger partial charge in [0.15, 0.2) is 0 Å². The first-order chi connectivity index (χ1) is 7.90. The zero-order valence-corrected chi connectivity index (χ0v) is 11.8. The van der Waals surface area contributed by atoms with Gasteiger partial charge < -0.3 is 4.43 Å². The Hall–Kier alpha value is -1.35. The Balaban J connectivity index is 2.47. The zero-order valence-electron chi connectivity index (χ0n) is 10.8. The molecule has 1 aromatic rings. The van der Waals surface area contributed by atoms with Gasteiger partial charge in [0.1, 0.15) is 12.0 Å². The van der Waals surface area contributed by atoms with Crippen LogP contribution in [-0.4, -0.2) is 14.6 Å². The summed E-state index contributed by atoms with van der Waals surface area (Å²) in [5.41, 5.74) is 4.29. The van der Waals surface area contributed by atoms with E-state index in [0.717, 1.165) is 23.2 Å². The van der Waals surface area contributed by atoms with Crippen molar-refractivity contribution < 1.29 is 9.22 Å². The summed E-state index contributed by atoms with van der Waals surface area (Å²) in [4.78, 5) is 11.1. The quantitative estimate of drug-likeness (QED) is 0.604. The van der Waals surface area contributed by atoms with Gasteiger partial charge in [-0.1, -0.05) is 17.7 Å². The van der Waals surface area contributed by atoms with Crippen molar-refractivity contribution in [2.24, 2.45) is 0 Å². The molecule has 3 heteroatoms. The topological polar surface area (TPSA) is 26.3 Å². The minimum atomic E-state index is -1.68. The fraction of sp³-hybridized carbons (Fsp3) is 0.357. The first kappa shape index (κ1) is 12.1. The largest absolute Gasteiger partial charge is 0.544 e. The summed E-state index contributed by atoms with van der Waals surface area (Å²) in [6, 6.07) is 6.29. The van der Waals surface area contributed by atoms with E-state index in [-0.39, 0.29) is 0 Å². The predicted molar refractivity (Wildman–Crippen MR) is 72.3 cm³/mol. The average molecular weight is 246 g/mol. The SMILES string of the molecule is Cc1ccc2c(c1)C(O[Si](C)(C)C)=C(C=O)C2. The van der Waals surface area contributed by atoms with Crippen molar-refractivity contribution in [1.82, 2.24) is 0 Å². The third-order valence-corrected chi connectivity index (χ3v) is 3.55. The molecule has 0 N–H and O–H groups in total. The molecule has 0 heterocycles. The number of hydrogen-bond donors (Lipinski definition) is 0.